The molecule has 9 heteroatoms. The Morgan fingerprint density at radius 1 is 1.09 bits per heavy atom. The molecule has 0 radical (unpaired) electrons. The van der Waals surface area contributed by atoms with Crippen molar-refractivity contribution in [1.82, 2.24) is 14.8 Å². The third-order valence-corrected chi connectivity index (χ3v) is 5.49. The first-order chi connectivity index (χ1) is 15.5. The SMILES string of the molecule is CCOc1ccc(-c2csc(-n3nc(C)cc3NC(=O)COc3ccc(Cl)cc3)n2)cc1. The smallest absolute Gasteiger partial charge is 0.263 e. The number of amides is 1. The van der Waals surface area contributed by atoms with Gasteiger partial charge in [-0.2, -0.15) is 9.78 Å². The fraction of sp³-hybridized carbons (Fsp3) is 0.174. The summed E-state index contributed by atoms with van der Waals surface area (Å²) in [5.74, 6) is 1.61. The van der Waals surface area contributed by atoms with Crippen LogP contribution in [-0.4, -0.2) is 33.9 Å². The molecule has 0 spiro atoms. The van der Waals surface area contributed by atoms with Crippen molar-refractivity contribution in [3.63, 3.8) is 0 Å². The van der Waals surface area contributed by atoms with Gasteiger partial charge in [0, 0.05) is 22.0 Å². The summed E-state index contributed by atoms with van der Waals surface area (Å²) in [6.07, 6.45) is 0. The molecule has 0 aliphatic heterocycles. The maximum atomic E-state index is 12.4. The molecule has 0 bridgehead atoms. The molecule has 0 fully saturated rings. The van der Waals surface area contributed by atoms with Crippen LogP contribution in [0.15, 0.2) is 60.0 Å². The quantitative estimate of drug-likeness (QED) is 0.376. The van der Waals surface area contributed by atoms with E-state index in [0.29, 0.717) is 28.3 Å². The highest BCUT2D eigenvalue weighted by atomic mass is 35.5. The van der Waals surface area contributed by atoms with E-state index in [0.717, 1.165) is 22.7 Å². The Labute approximate surface area is 194 Å². The fourth-order valence-corrected chi connectivity index (χ4v) is 3.90. The lowest BCUT2D eigenvalue weighted by Crippen LogP contribution is -2.21. The fourth-order valence-electron chi connectivity index (χ4n) is 2.98. The molecule has 0 saturated heterocycles. The second-order valence-electron chi connectivity index (χ2n) is 6.85. The summed E-state index contributed by atoms with van der Waals surface area (Å²) in [5, 5.41) is 10.5. The normalized spacial score (nSPS) is 10.7. The molecule has 1 amide bonds. The predicted molar refractivity (Wildman–Crippen MR) is 126 cm³/mol. The number of halogens is 1. The van der Waals surface area contributed by atoms with Crippen molar-refractivity contribution in [1.29, 1.82) is 0 Å². The number of carbonyl (C=O) groups excluding carboxylic acids is 1. The molecule has 0 saturated carbocycles. The van der Waals surface area contributed by atoms with Gasteiger partial charge in [-0.25, -0.2) is 4.98 Å². The number of benzene rings is 2. The van der Waals surface area contributed by atoms with Crippen molar-refractivity contribution < 1.29 is 14.3 Å². The Morgan fingerprint density at radius 2 is 1.78 bits per heavy atom. The average Bonchev–Trinajstić information content (AvgIpc) is 3.41. The number of rotatable bonds is 8. The minimum atomic E-state index is -0.301. The van der Waals surface area contributed by atoms with Crippen LogP contribution in [0.4, 0.5) is 5.82 Å². The highest BCUT2D eigenvalue weighted by molar-refractivity contribution is 7.12. The largest absolute Gasteiger partial charge is 0.494 e. The van der Waals surface area contributed by atoms with E-state index < -0.39 is 0 Å². The van der Waals surface area contributed by atoms with E-state index >= 15 is 0 Å². The third-order valence-electron chi connectivity index (χ3n) is 4.42. The molecule has 7 nitrogen and oxygen atoms in total. The lowest BCUT2D eigenvalue weighted by Gasteiger charge is -2.08. The van der Waals surface area contributed by atoms with E-state index in [4.69, 9.17) is 26.1 Å². The van der Waals surface area contributed by atoms with Crippen LogP contribution in [0.2, 0.25) is 5.02 Å². The molecule has 164 valence electrons. The molecule has 4 rings (SSSR count). The minimum absolute atomic E-state index is 0.138. The van der Waals surface area contributed by atoms with Crippen LogP contribution in [0.5, 0.6) is 11.5 Å². The van der Waals surface area contributed by atoms with Crippen LogP contribution in [0.1, 0.15) is 12.6 Å². The number of nitrogens with one attached hydrogen (secondary N) is 1. The van der Waals surface area contributed by atoms with Gasteiger partial charge in [-0.1, -0.05) is 11.6 Å². The van der Waals surface area contributed by atoms with Crippen molar-refractivity contribution in [2.75, 3.05) is 18.5 Å². The summed E-state index contributed by atoms with van der Waals surface area (Å²) in [4.78, 5) is 17.1. The number of ether oxygens (including phenoxy) is 2. The van der Waals surface area contributed by atoms with E-state index in [2.05, 4.69) is 10.4 Å². The van der Waals surface area contributed by atoms with Crippen LogP contribution in [0.25, 0.3) is 16.4 Å². The molecule has 4 aromatic rings. The zero-order valence-electron chi connectivity index (χ0n) is 17.5. The summed E-state index contributed by atoms with van der Waals surface area (Å²) in [6, 6.07) is 16.4. The molecule has 32 heavy (non-hydrogen) atoms. The maximum absolute atomic E-state index is 12.4. The molecular formula is C23H21ClN4O3S. The molecule has 0 aliphatic rings. The van der Waals surface area contributed by atoms with Crippen LogP contribution >= 0.6 is 22.9 Å². The van der Waals surface area contributed by atoms with Crippen LogP contribution in [0, 0.1) is 6.92 Å². The van der Waals surface area contributed by atoms with Crippen LogP contribution in [-0.2, 0) is 4.79 Å². The number of anilines is 1. The van der Waals surface area contributed by atoms with Crippen molar-refractivity contribution in [3.05, 3.63) is 70.7 Å². The molecule has 2 aromatic heterocycles. The molecule has 2 heterocycles. The number of aryl methyl sites for hydroxylation is 1. The number of nitrogens with zero attached hydrogens (tertiary/aromatic N) is 3. The first-order valence-corrected chi connectivity index (χ1v) is 11.2. The number of carbonyl (C=O) groups is 1. The number of thiazole rings is 1. The highest BCUT2D eigenvalue weighted by Gasteiger charge is 2.15. The van der Waals surface area contributed by atoms with Gasteiger partial charge in [0.25, 0.3) is 5.91 Å². The first-order valence-electron chi connectivity index (χ1n) is 9.96. The summed E-state index contributed by atoms with van der Waals surface area (Å²) >= 11 is 7.31. The standard InChI is InChI=1S/C23H21ClN4O3S/c1-3-30-18-8-4-16(5-9-18)20-14-32-23(25-20)28-21(12-15(2)27-28)26-22(29)13-31-19-10-6-17(24)7-11-19/h4-12,14H,3,13H2,1-2H3,(H,26,29). The lowest BCUT2D eigenvalue weighted by atomic mass is 10.2. The lowest BCUT2D eigenvalue weighted by molar-refractivity contribution is -0.118. The Kier molecular flexibility index (Phi) is 6.72. The minimum Gasteiger partial charge on any atom is -0.494 e. The van der Waals surface area contributed by atoms with E-state index in [1.807, 2.05) is 43.5 Å². The van der Waals surface area contributed by atoms with Gasteiger partial charge in [-0.15, -0.1) is 11.3 Å². The maximum Gasteiger partial charge on any atom is 0.263 e. The molecule has 2 aromatic carbocycles. The molecule has 1 N–H and O–H groups in total. The zero-order valence-corrected chi connectivity index (χ0v) is 19.1. The van der Waals surface area contributed by atoms with Gasteiger partial charge in [0.2, 0.25) is 5.13 Å². The zero-order chi connectivity index (χ0) is 22.5. The second kappa shape index (κ2) is 9.84. The Morgan fingerprint density at radius 3 is 2.50 bits per heavy atom. The molecule has 0 atom stereocenters. The average molecular weight is 469 g/mol. The second-order valence-corrected chi connectivity index (χ2v) is 8.12. The molecule has 0 aliphatic carbocycles. The van der Waals surface area contributed by atoms with Gasteiger partial charge < -0.3 is 14.8 Å². The van der Waals surface area contributed by atoms with Crippen molar-refractivity contribution >= 4 is 34.7 Å². The van der Waals surface area contributed by atoms with Crippen molar-refractivity contribution in [2.45, 2.75) is 13.8 Å². The van der Waals surface area contributed by atoms with Gasteiger partial charge in [0.1, 0.15) is 17.3 Å². The summed E-state index contributed by atoms with van der Waals surface area (Å²) in [7, 11) is 0. The molecule has 0 unspecified atom stereocenters. The van der Waals surface area contributed by atoms with Gasteiger partial charge in [-0.3, -0.25) is 4.79 Å². The summed E-state index contributed by atoms with van der Waals surface area (Å²) < 4.78 is 12.6. The Bertz CT molecular complexity index is 1200. The van der Waals surface area contributed by atoms with Crippen molar-refractivity contribution in [2.24, 2.45) is 0 Å². The van der Waals surface area contributed by atoms with Crippen LogP contribution in [0.3, 0.4) is 0 Å². The highest BCUT2D eigenvalue weighted by Crippen LogP contribution is 2.27. The third kappa shape index (κ3) is 5.27. The topological polar surface area (TPSA) is 78.3 Å². The summed E-state index contributed by atoms with van der Waals surface area (Å²) in [6.45, 7) is 4.30. The van der Waals surface area contributed by atoms with Crippen LogP contribution < -0.4 is 14.8 Å². The first kappa shape index (κ1) is 21.9. The number of aromatic nitrogens is 3. The van der Waals surface area contributed by atoms with Gasteiger partial charge in [0.15, 0.2) is 6.61 Å². The van der Waals surface area contributed by atoms with Crippen molar-refractivity contribution in [3.8, 4) is 27.9 Å². The molecular weight excluding hydrogens is 448 g/mol. The van der Waals surface area contributed by atoms with E-state index in [1.54, 1.807) is 35.0 Å². The van der Waals surface area contributed by atoms with E-state index in [9.17, 15) is 4.79 Å². The van der Waals surface area contributed by atoms with E-state index in [1.165, 1.54) is 11.3 Å². The Hall–Kier alpha value is -3.36. The number of hydrogen-bond acceptors (Lipinski definition) is 6. The monoisotopic (exact) mass is 468 g/mol. The Balaban J connectivity index is 1.46. The predicted octanol–water partition coefficient (Wildman–Crippen LogP) is 5.37. The number of hydrogen-bond donors (Lipinski definition) is 1. The van der Waals surface area contributed by atoms with E-state index in [-0.39, 0.29) is 12.5 Å². The summed E-state index contributed by atoms with van der Waals surface area (Å²) in [5.41, 5.74) is 2.56. The van der Waals surface area contributed by atoms with Gasteiger partial charge in [0.05, 0.1) is 18.0 Å². The van der Waals surface area contributed by atoms with Gasteiger partial charge >= 0.3 is 0 Å². The van der Waals surface area contributed by atoms with Gasteiger partial charge in [-0.05, 0) is 62.4 Å².